The quantitative estimate of drug-likeness (QED) is 0.825. The van der Waals surface area contributed by atoms with Gasteiger partial charge >= 0.3 is 0 Å². The summed E-state index contributed by atoms with van der Waals surface area (Å²) < 4.78 is 5.24. The fourth-order valence-corrected chi connectivity index (χ4v) is 1.87. The predicted octanol–water partition coefficient (Wildman–Crippen LogP) is 1.56. The van der Waals surface area contributed by atoms with Crippen LogP contribution in [0.1, 0.15) is 24.8 Å². The number of aromatic nitrogens is 3. The summed E-state index contributed by atoms with van der Waals surface area (Å²) in [5, 5.41) is 7.26. The van der Waals surface area contributed by atoms with E-state index in [1.165, 1.54) is 0 Å². The molecule has 1 N–H and O–H groups in total. The molecule has 0 saturated carbocycles. The average Bonchev–Trinajstić information content (AvgIpc) is 3.01. The van der Waals surface area contributed by atoms with Crippen molar-refractivity contribution in [3.63, 3.8) is 0 Å². The number of nitrogens with zero attached hydrogens (tertiary/aromatic N) is 3. The van der Waals surface area contributed by atoms with Crippen LogP contribution in [0.3, 0.4) is 0 Å². The Morgan fingerprint density at radius 2 is 2.38 bits per heavy atom. The van der Waals surface area contributed by atoms with Crippen molar-refractivity contribution in [1.82, 2.24) is 20.4 Å². The summed E-state index contributed by atoms with van der Waals surface area (Å²) in [6.07, 6.45) is 3.94. The van der Waals surface area contributed by atoms with E-state index in [4.69, 9.17) is 4.52 Å². The van der Waals surface area contributed by atoms with Crippen molar-refractivity contribution in [3.8, 4) is 11.5 Å². The maximum Gasteiger partial charge on any atom is 0.244 e. The third-order valence-corrected chi connectivity index (χ3v) is 2.69. The molecule has 3 rings (SSSR count). The summed E-state index contributed by atoms with van der Waals surface area (Å²) in [5.74, 6) is 1.22. The van der Waals surface area contributed by atoms with Crippen LogP contribution in [0.15, 0.2) is 28.9 Å². The van der Waals surface area contributed by atoms with Gasteiger partial charge in [-0.1, -0.05) is 11.2 Å². The highest BCUT2D eigenvalue weighted by Gasteiger charge is 2.22. The Kier molecular flexibility index (Phi) is 2.38. The van der Waals surface area contributed by atoms with Crippen LogP contribution < -0.4 is 5.32 Å². The molecule has 5 heteroatoms. The molecule has 0 amide bonds. The molecule has 0 radical (unpaired) electrons. The minimum atomic E-state index is 0.213. The van der Waals surface area contributed by atoms with Crippen molar-refractivity contribution in [2.24, 2.45) is 0 Å². The second-order valence-electron chi connectivity index (χ2n) is 3.82. The van der Waals surface area contributed by atoms with E-state index in [1.54, 1.807) is 6.20 Å². The Hall–Kier alpha value is -1.75. The Morgan fingerprint density at radius 3 is 3.12 bits per heavy atom. The van der Waals surface area contributed by atoms with Crippen molar-refractivity contribution in [1.29, 1.82) is 0 Å². The first-order chi connectivity index (χ1) is 7.93. The van der Waals surface area contributed by atoms with Crippen LogP contribution in [-0.2, 0) is 0 Å². The van der Waals surface area contributed by atoms with E-state index in [9.17, 15) is 0 Å². The van der Waals surface area contributed by atoms with Crippen LogP contribution >= 0.6 is 0 Å². The molecule has 0 aromatic carbocycles. The van der Waals surface area contributed by atoms with Crippen LogP contribution in [0.2, 0.25) is 0 Å². The third-order valence-electron chi connectivity index (χ3n) is 2.69. The van der Waals surface area contributed by atoms with E-state index >= 15 is 0 Å². The molecule has 1 saturated heterocycles. The Bertz CT molecular complexity index is 462. The van der Waals surface area contributed by atoms with Crippen LogP contribution in [0.5, 0.6) is 0 Å². The van der Waals surface area contributed by atoms with E-state index in [2.05, 4.69) is 20.4 Å². The maximum absolute atomic E-state index is 5.24. The standard InChI is InChI=1S/C11H12N4O/c1-2-6-12-8(4-1)10-14-11(16-15-10)9-5-3-7-13-9/h1-2,4,6,9,13H,3,5,7H2. The van der Waals surface area contributed by atoms with Gasteiger partial charge in [-0.2, -0.15) is 4.98 Å². The minimum absolute atomic E-state index is 0.213. The zero-order chi connectivity index (χ0) is 10.8. The van der Waals surface area contributed by atoms with Gasteiger partial charge in [-0.3, -0.25) is 4.98 Å². The first-order valence-corrected chi connectivity index (χ1v) is 5.42. The summed E-state index contributed by atoms with van der Waals surface area (Å²) in [7, 11) is 0. The zero-order valence-electron chi connectivity index (χ0n) is 8.76. The van der Waals surface area contributed by atoms with Gasteiger partial charge < -0.3 is 9.84 Å². The molecular weight excluding hydrogens is 204 g/mol. The Balaban J connectivity index is 1.87. The average molecular weight is 216 g/mol. The number of nitrogens with one attached hydrogen (secondary N) is 1. The normalized spacial score (nSPS) is 20.1. The monoisotopic (exact) mass is 216 g/mol. The molecule has 16 heavy (non-hydrogen) atoms. The van der Waals surface area contributed by atoms with Crippen molar-refractivity contribution in [3.05, 3.63) is 30.3 Å². The molecule has 0 aliphatic carbocycles. The fraction of sp³-hybridized carbons (Fsp3) is 0.364. The van der Waals surface area contributed by atoms with Crippen LogP contribution in [0.25, 0.3) is 11.5 Å². The molecule has 1 fully saturated rings. The van der Waals surface area contributed by atoms with Gasteiger partial charge in [-0.15, -0.1) is 0 Å². The smallest absolute Gasteiger partial charge is 0.244 e. The summed E-state index contributed by atoms with van der Waals surface area (Å²) >= 11 is 0. The highest BCUT2D eigenvalue weighted by molar-refractivity contribution is 5.47. The van der Waals surface area contributed by atoms with Crippen LogP contribution in [0.4, 0.5) is 0 Å². The fourth-order valence-electron chi connectivity index (χ4n) is 1.87. The van der Waals surface area contributed by atoms with E-state index in [1.807, 2.05) is 18.2 Å². The number of rotatable bonds is 2. The second kappa shape index (κ2) is 4.02. The van der Waals surface area contributed by atoms with Crippen LogP contribution in [-0.4, -0.2) is 21.7 Å². The van der Waals surface area contributed by atoms with Gasteiger partial charge in [0.05, 0.1) is 6.04 Å². The van der Waals surface area contributed by atoms with Gasteiger partial charge in [0.1, 0.15) is 5.69 Å². The predicted molar refractivity (Wildman–Crippen MR) is 57.5 cm³/mol. The summed E-state index contributed by atoms with van der Waals surface area (Å²) in [6.45, 7) is 1.02. The van der Waals surface area contributed by atoms with E-state index in [0.717, 1.165) is 25.1 Å². The summed E-state index contributed by atoms with van der Waals surface area (Å²) in [4.78, 5) is 8.54. The molecule has 3 heterocycles. The number of hydrogen-bond acceptors (Lipinski definition) is 5. The van der Waals surface area contributed by atoms with E-state index < -0.39 is 0 Å². The molecule has 0 bridgehead atoms. The van der Waals surface area contributed by atoms with Gasteiger partial charge in [0.15, 0.2) is 0 Å². The molecule has 1 unspecified atom stereocenters. The largest absolute Gasteiger partial charge is 0.337 e. The Morgan fingerprint density at radius 1 is 1.38 bits per heavy atom. The first kappa shape index (κ1) is 9.47. The van der Waals surface area contributed by atoms with E-state index in [-0.39, 0.29) is 6.04 Å². The molecular formula is C11H12N4O. The lowest BCUT2D eigenvalue weighted by molar-refractivity contribution is 0.345. The van der Waals surface area contributed by atoms with Crippen molar-refractivity contribution < 1.29 is 4.52 Å². The lowest BCUT2D eigenvalue weighted by Crippen LogP contribution is -2.12. The van der Waals surface area contributed by atoms with Gasteiger partial charge in [-0.05, 0) is 31.5 Å². The van der Waals surface area contributed by atoms with Gasteiger partial charge in [0.2, 0.25) is 11.7 Å². The minimum Gasteiger partial charge on any atom is -0.337 e. The topological polar surface area (TPSA) is 63.8 Å². The van der Waals surface area contributed by atoms with Gasteiger partial charge in [-0.25, -0.2) is 0 Å². The van der Waals surface area contributed by atoms with Crippen molar-refractivity contribution in [2.75, 3.05) is 6.54 Å². The summed E-state index contributed by atoms with van der Waals surface area (Å²) in [6, 6.07) is 5.86. The zero-order valence-corrected chi connectivity index (χ0v) is 8.76. The third kappa shape index (κ3) is 1.69. The molecule has 0 spiro atoms. The molecule has 1 aliphatic rings. The lowest BCUT2D eigenvalue weighted by atomic mass is 10.2. The SMILES string of the molecule is c1ccc(-c2noc(C3CCCN3)n2)nc1. The molecule has 2 aromatic rings. The van der Waals surface area contributed by atoms with Gasteiger partial charge in [0.25, 0.3) is 0 Å². The highest BCUT2D eigenvalue weighted by Crippen LogP contribution is 2.23. The number of pyridine rings is 1. The lowest BCUT2D eigenvalue weighted by Gasteiger charge is -2.01. The summed E-state index contributed by atoms with van der Waals surface area (Å²) in [5.41, 5.74) is 0.746. The second-order valence-corrected chi connectivity index (χ2v) is 3.82. The van der Waals surface area contributed by atoms with Crippen LogP contribution in [0, 0.1) is 0 Å². The number of hydrogen-bond donors (Lipinski definition) is 1. The van der Waals surface area contributed by atoms with Gasteiger partial charge in [0, 0.05) is 6.20 Å². The molecule has 2 aromatic heterocycles. The molecule has 1 aliphatic heterocycles. The first-order valence-electron chi connectivity index (χ1n) is 5.42. The van der Waals surface area contributed by atoms with Crippen molar-refractivity contribution in [2.45, 2.75) is 18.9 Å². The van der Waals surface area contributed by atoms with E-state index in [0.29, 0.717) is 11.7 Å². The Labute approximate surface area is 92.9 Å². The maximum atomic E-state index is 5.24. The molecule has 5 nitrogen and oxygen atoms in total. The van der Waals surface area contributed by atoms with Crippen molar-refractivity contribution >= 4 is 0 Å². The molecule has 82 valence electrons. The molecule has 1 atom stereocenters. The highest BCUT2D eigenvalue weighted by atomic mass is 16.5.